The highest BCUT2D eigenvalue weighted by atomic mass is 35.5. The van der Waals surface area contributed by atoms with Gasteiger partial charge in [0.05, 0.1) is 0 Å². The molecule has 20 heavy (non-hydrogen) atoms. The topological polar surface area (TPSA) is 52.1 Å². The average molecular weight is 289 g/mol. The largest absolute Gasteiger partial charge is 0.456 e. The maximum atomic E-state index is 6.34. The molecule has 0 radical (unpaired) electrons. The summed E-state index contributed by atoms with van der Waals surface area (Å²) >= 11 is 6.34. The van der Waals surface area contributed by atoms with Crippen molar-refractivity contribution in [3.63, 3.8) is 0 Å². The van der Waals surface area contributed by atoms with Crippen molar-refractivity contribution < 1.29 is 8.83 Å². The number of nitrogens with zero attached hydrogens (tertiary/aromatic N) is 2. The van der Waals surface area contributed by atoms with Gasteiger partial charge in [-0.3, -0.25) is 0 Å². The Bertz CT molecular complexity index is 691. The first-order valence-corrected chi connectivity index (χ1v) is 6.83. The molecular weight excluding hydrogens is 276 g/mol. The van der Waals surface area contributed by atoms with Crippen LogP contribution in [0.2, 0.25) is 0 Å². The molecule has 0 aliphatic rings. The fourth-order valence-electron chi connectivity index (χ4n) is 1.88. The van der Waals surface area contributed by atoms with Crippen LogP contribution in [0.25, 0.3) is 11.7 Å². The SMILES string of the molecule is CCc1ccc(-c2nnc(C(Cl)c3ccccc3)o2)o1. The van der Waals surface area contributed by atoms with Crippen molar-refractivity contribution in [3.05, 3.63) is 59.7 Å². The molecule has 0 amide bonds. The Labute approximate surface area is 121 Å². The van der Waals surface area contributed by atoms with Crippen LogP contribution >= 0.6 is 11.6 Å². The molecule has 1 unspecified atom stereocenters. The summed E-state index contributed by atoms with van der Waals surface area (Å²) < 4.78 is 11.2. The van der Waals surface area contributed by atoms with Gasteiger partial charge in [0, 0.05) is 6.42 Å². The van der Waals surface area contributed by atoms with E-state index in [1.165, 1.54) is 0 Å². The quantitative estimate of drug-likeness (QED) is 0.675. The summed E-state index contributed by atoms with van der Waals surface area (Å²) in [6, 6.07) is 13.3. The van der Waals surface area contributed by atoms with Gasteiger partial charge >= 0.3 is 0 Å². The number of aryl methyl sites for hydroxylation is 1. The van der Waals surface area contributed by atoms with Crippen molar-refractivity contribution in [1.82, 2.24) is 10.2 Å². The summed E-state index contributed by atoms with van der Waals surface area (Å²) in [5, 5.41) is 7.52. The van der Waals surface area contributed by atoms with Crippen molar-refractivity contribution in [1.29, 1.82) is 0 Å². The molecule has 3 aromatic rings. The number of benzene rings is 1. The molecule has 3 rings (SSSR count). The fourth-order valence-corrected chi connectivity index (χ4v) is 2.12. The van der Waals surface area contributed by atoms with E-state index < -0.39 is 5.38 Å². The minimum absolute atomic E-state index is 0.348. The number of hydrogen-bond acceptors (Lipinski definition) is 4. The molecule has 0 aliphatic heterocycles. The molecule has 0 spiro atoms. The molecule has 1 atom stereocenters. The predicted octanol–water partition coefficient (Wildman–Crippen LogP) is 4.22. The van der Waals surface area contributed by atoms with Gasteiger partial charge in [-0.1, -0.05) is 37.3 Å². The lowest BCUT2D eigenvalue weighted by molar-refractivity contribution is 0.470. The number of alkyl halides is 1. The number of hydrogen-bond donors (Lipinski definition) is 0. The second kappa shape index (κ2) is 5.51. The molecule has 2 aromatic heterocycles. The standard InChI is InChI=1S/C15H13ClN2O2/c1-2-11-8-9-12(19-11)14-17-18-15(20-14)13(16)10-6-4-3-5-7-10/h3-9,13H,2H2,1H3. The van der Waals surface area contributed by atoms with Crippen LogP contribution in [0.3, 0.4) is 0 Å². The van der Waals surface area contributed by atoms with E-state index in [9.17, 15) is 0 Å². The molecule has 102 valence electrons. The third-order valence-corrected chi connectivity index (χ3v) is 3.41. The van der Waals surface area contributed by atoms with Crippen LogP contribution in [0, 0.1) is 0 Å². The van der Waals surface area contributed by atoms with E-state index in [0.717, 1.165) is 17.7 Å². The highest BCUT2D eigenvalue weighted by Crippen LogP contribution is 2.30. The zero-order valence-electron chi connectivity index (χ0n) is 10.9. The van der Waals surface area contributed by atoms with E-state index in [2.05, 4.69) is 10.2 Å². The first-order chi connectivity index (χ1) is 9.78. The highest BCUT2D eigenvalue weighted by Gasteiger charge is 2.19. The fraction of sp³-hybridized carbons (Fsp3) is 0.200. The van der Waals surface area contributed by atoms with Gasteiger partial charge in [0.1, 0.15) is 11.1 Å². The van der Waals surface area contributed by atoms with E-state index >= 15 is 0 Å². The van der Waals surface area contributed by atoms with Crippen LogP contribution in [-0.2, 0) is 6.42 Å². The number of halogens is 1. The van der Waals surface area contributed by atoms with Crippen LogP contribution in [0.15, 0.2) is 51.3 Å². The lowest BCUT2D eigenvalue weighted by Crippen LogP contribution is -1.92. The van der Waals surface area contributed by atoms with Crippen molar-refractivity contribution >= 4 is 11.6 Å². The minimum Gasteiger partial charge on any atom is -0.456 e. The molecule has 0 saturated heterocycles. The van der Waals surface area contributed by atoms with E-state index in [-0.39, 0.29) is 0 Å². The Morgan fingerprint density at radius 3 is 2.55 bits per heavy atom. The Morgan fingerprint density at radius 1 is 1.05 bits per heavy atom. The van der Waals surface area contributed by atoms with Crippen LogP contribution < -0.4 is 0 Å². The summed E-state index contributed by atoms with van der Waals surface area (Å²) in [5.41, 5.74) is 0.915. The molecule has 2 heterocycles. The molecule has 0 N–H and O–H groups in total. The number of rotatable bonds is 4. The number of aromatic nitrogens is 2. The van der Waals surface area contributed by atoms with Gasteiger partial charge in [-0.2, -0.15) is 0 Å². The highest BCUT2D eigenvalue weighted by molar-refractivity contribution is 6.22. The van der Waals surface area contributed by atoms with E-state index in [4.69, 9.17) is 20.4 Å². The molecule has 0 aliphatic carbocycles. The van der Waals surface area contributed by atoms with Gasteiger partial charge in [0.15, 0.2) is 5.76 Å². The lowest BCUT2D eigenvalue weighted by Gasteiger charge is -2.03. The monoisotopic (exact) mass is 288 g/mol. The third kappa shape index (κ3) is 2.47. The van der Waals surface area contributed by atoms with Crippen LogP contribution in [0.1, 0.15) is 29.5 Å². The average Bonchev–Trinajstić information content (AvgIpc) is 3.16. The van der Waals surface area contributed by atoms with Crippen molar-refractivity contribution in [2.75, 3.05) is 0 Å². The second-order valence-electron chi connectivity index (χ2n) is 4.34. The summed E-state index contributed by atoms with van der Waals surface area (Å²) in [4.78, 5) is 0. The summed E-state index contributed by atoms with van der Waals surface area (Å²) in [5.74, 6) is 2.16. The van der Waals surface area contributed by atoms with Gasteiger partial charge in [0.25, 0.3) is 5.89 Å². The molecular formula is C15H13ClN2O2. The summed E-state index contributed by atoms with van der Waals surface area (Å²) in [6.45, 7) is 2.02. The molecule has 1 aromatic carbocycles. The van der Waals surface area contributed by atoms with Gasteiger partial charge in [-0.25, -0.2) is 0 Å². The molecule has 4 nitrogen and oxygen atoms in total. The molecule has 0 fully saturated rings. The zero-order valence-corrected chi connectivity index (χ0v) is 11.7. The van der Waals surface area contributed by atoms with Crippen LogP contribution in [0.4, 0.5) is 0 Å². The second-order valence-corrected chi connectivity index (χ2v) is 4.77. The Morgan fingerprint density at radius 2 is 1.85 bits per heavy atom. The predicted molar refractivity (Wildman–Crippen MR) is 75.5 cm³/mol. The Balaban J connectivity index is 1.86. The maximum Gasteiger partial charge on any atom is 0.283 e. The van der Waals surface area contributed by atoms with Crippen molar-refractivity contribution in [3.8, 4) is 11.7 Å². The summed E-state index contributed by atoms with van der Waals surface area (Å²) in [6.07, 6.45) is 0.823. The Hall–Kier alpha value is -2.07. The third-order valence-electron chi connectivity index (χ3n) is 2.97. The zero-order chi connectivity index (χ0) is 13.9. The van der Waals surface area contributed by atoms with Gasteiger partial charge in [-0.15, -0.1) is 21.8 Å². The van der Waals surface area contributed by atoms with Crippen molar-refractivity contribution in [2.45, 2.75) is 18.7 Å². The molecule has 5 heteroatoms. The summed E-state index contributed by atoms with van der Waals surface area (Å²) in [7, 11) is 0. The van der Waals surface area contributed by atoms with Crippen molar-refractivity contribution in [2.24, 2.45) is 0 Å². The van der Waals surface area contributed by atoms with Gasteiger partial charge in [-0.05, 0) is 17.7 Å². The Kier molecular flexibility index (Phi) is 3.56. The van der Waals surface area contributed by atoms with E-state index in [1.54, 1.807) is 0 Å². The maximum absolute atomic E-state index is 6.34. The normalized spacial score (nSPS) is 12.5. The van der Waals surface area contributed by atoms with E-state index in [0.29, 0.717) is 17.5 Å². The molecule has 0 saturated carbocycles. The lowest BCUT2D eigenvalue weighted by atomic mass is 10.1. The van der Waals surface area contributed by atoms with Crippen LogP contribution in [0.5, 0.6) is 0 Å². The van der Waals surface area contributed by atoms with Gasteiger partial charge in [0.2, 0.25) is 5.89 Å². The van der Waals surface area contributed by atoms with Gasteiger partial charge < -0.3 is 8.83 Å². The first-order valence-electron chi connectivity index (χ1n) is 6.39. The number of furan rings is 1. The first kappa shape index (κ1) is 12.9. The smallest absolute Gasteiger partial charge is 0.283 e. The molecule has 0 bridgehead atoms. The minimum atomic E-state index is -0.460. The van der Waals surface area contributed by atoms with E-state index in [1.807, 2.05) is 49.4 Å². The van der Waals surface area contributed by atoms with Crippen LogP contribution in [-0.4, -0.2) is 10.2 Å².